The van der Waals surface area contributed by atoms with Crippen molar-refractivity contribution in [1.29, 1.82) is 0 Å². The summed E-state index contributed by atoms with van der Waals surface area (Å²) in [5.74, 6) is 1.42. The molecule has 0 saturated carbocycles. The van der Waals surface area contributed by atoms with Crippen molar-refractivity contribution in [3.05, 3.63) is 35.2 Å². The zero-order valence-electron chi connectivity index (χ0n) is 15.5. The second kappa shape index (κ2) is 6.74. The molecule has 0 spiro atoms. The molecule has 0 bridgehead atoms. The number of hydrogen-bond acceptors (Lipinski definition) is 5. The Balaban J connectivity index is 1.99. The van der Waals surface area contributed by atoms with Crippen molar-refractivity contribution in [2.75, 3.05) is 32.6 Å². The van der Waals surface area contributed by atoms with Gasteiger partial charge in [0.1, 0.15) is 5.82 Å². The third-order valence-electron chi connectivity index (χ3n) is 4.70. The number of anilines is 1. The highest BCUT2D eigenvalue weighted by atomic mass is 16.5. The van der Waals surface area contributed by atoms with Crippen molar-refractivity contribution in [2.24, 2.45) is 7.05 Å². The van der Waals surface area contributed by atoms with E-state index in [2.05, 4.69) is 10.1 Å². The summed E-state index contributed by atoms with van der Waals surface area (Å²) in [5.41, 5.74) is 2.54. The summed E-state index contributed by atoms with van der Waals surface area (Å²) >= 11 is 0. The zero-order chi connectivity index (χ0) is 18.1. The first kappa shape index (κ1) is 17.3. The summed E-state index contributed by atoms with van der Waals surface area (Å²) in [4.78, 5) is 21.4. The highest BCUT2D eigenvalue weighted by molar-refractivity contribution is 5.99. The number of pyridine rings is 1. The number of amides is 1. The zero-order valence-corrected chi connectivity index (χ0v) is 15.5. The van der Waals surface area contributed by atoms with Crippen molar-refractivity contribution in [3.8, 4) is 5.88 Å². The lowest BCUT2D eigenvalue weighted by atomic mass is 10.0. The topological polar surface area (TPSA) is 63.5 Å². The van der Waals surface area contributed by atoms with Crippen LogP contribution in [-0.2, 0) is 7.05 Å². The summed E-state index contributed by atoms with van der Waals surface area (Å²) in [5, 5.41) is 4.47. The van der Waals surface area contributed by atoms with Crippen molar-refractivity contribution in [3.63, 3.8) is 0 Å². The number of methoxy groups -OCH3 is 1. The molecule has 0 N–H and O–H groups in total. The van der Waals surface area contributed by atoms with Gasteiger partial charge in [-0.25, -0.2) is 9.67 Å². The first-order valence-corrected chi connectivity index (χ1v) is 8.46. The van der Waals surface area contributed by atoms with E-state index < -0.39 is 0 Å². The number of aromatic nitrogens is 3. The highest BCUT2D eigenvalue weighted by Crippen LogP contribution is 2.39. The Kier molecular flexibility index (Phi) is 4.65. The molecule has 0 unspecified atom stereocenters. The molecule has 0 aliphatic carbocycles. The molecule has 25 heavy (non-hydrogen) atoms. The molecule has 134 valence electrons. The van der Waals surface area contributed by atoms with Crippen LogP contribution >= 0.6 is 0 Å². The maximum atomic E-state index is 13.3. The van der Waals surface area contributed by atoms with Crippen LogP contribution in [0.1, 0.15) is 40.5 Å². The maximum absolute atomic E-state index is 13.3. The largest absolute Gasteiger partial charge is 0.481 e. The summed E-state index contributed by atoms with van der Waals surface area (Å²) in [7, 11) is 7.30. The predicted octanol–water partition coefficient (Wildman–Crippen LogP) is 2.18. The van der Waals surface area contributed by atoms with Crippen LogP contribution < -0.4 is 9.64 Å². The normalized spacial score (nSPS) is 17.0. The van der Waals surface area contributed by atoms with E-state index in [9.17, 15) is 4.79 Å². The number of carbonyl (C=O) groups is 1. The smallest absolute Gasteiger partial charge is 0.258 e. The van der Waals surface area contributed by atoms with Gasteiger partial charge in [-0.05, 0) is 31.9 Å². The fourth-order valence-electron chi connectivity index (χ4n) is 3.66. The Labute approximate surface area is 148 Å². The lowest BCUT2D eigenvalue weighted by Gasteiger charge is -2.27. The summed E-state index contributed by atoms with van der Waals surface area (Å²) < 4.78 is 7.28. The van der Waals surface area contributed by atoms with Gasteiger partial charge in [0.15, 0.2) is 0 Å². The van der Waals surface area contributed by atoms with Gasteiger partial charge in [-0.2, -0.15) is 5.10 Å². The number of rotatable bonds is 4. The van der Waals surface area contributed by atoms with Crippen molar-refractivity contribution in [2.45, 2.75) is 25.8 Å². The molecule has 3 rings (SSSR count). The van der Waals surface area contributed by atoms with Crippen LogP contribution in [0.5, 0.6) is 5.88 Å². The van der Waals surface area contributed by atoms with E-state index in [1.54, 1.807) is 24.1 Å². The van der Waals surface area contributed by atoms with Gasteiger partial charge < -0.3 is 14.5 Å². The molecule has 2 aromatic heterocycles. The van der Waals surface area contributed by atoms with Crippen LogP contribution in [-0.4, -0.2) is 53.3 Å². The minimum Gasteiger partial charge on any atom is -0.481 e. The monoisotopic (exact) mass is 343 g/mol. The number of aryl methyl sites for hydroxylation is 2. The van der Waals surface area contributed by atoms with E-state index >= 15 is 0 Å². The van der Waals surface area contributed by atoms with E-state index in [4.69, 9.17) is 4.74 Å². The van der Waals surface area contributed by atoms with Crippen molar-refractivity contribution in [1.82, 2.24) is 19.7 Å². The number of ether oxygens (including phenoxy) is 1. The van der Waals surface area contributed by atoms with E-state index in [-0.39, 0.29) is 11.9 Å². The van der Waals surface area contributed by atoms with Gasteiger partial charge in [-0.3, -0.25) is 4.79 Å². The third-order valence-corrected chi connectivity index (χ3v) is 4.70. The molecule has 0 radical (unpaired) electrons. The number of likely N-dealkylation sites (tertiary alicyclic amines) is 1. The van der Waals surface area contributed by atoms with E-state index in [0.717, 1.165) is 36.5 Å². The van der Waals surface area contributed by atoms with Crippen LogP contribution in [0.4, 0.5) is 5.82 Å². The molecule has 1 amide bonds. The molecule has 1 fully saturated rings. The minimum absolute atomic E-state index is 0.00426. The van der Waals surface area contributed by atoms with Gasteiger partial charge in [-0.15, -0.1) is 0 Å². The highest BCUT2D eigenvalue weighted by Gasteiger charge is 2.36. The van der Waals surface area contributed by atoms with Gasteiger partial charge in [0.25, 0.3) is 5.91 Å². The van der Waals surface area contributed by atoms with Gasteiger partial charge in [0.2, 0.25) is 5.88 Å². The number of nitrogens with zero attached hydrogens (tertiary/aromatic N) is 5. The molecule has 1 saturated heterocycles. The fourth-order valence-corrected chi connectivity index (χ4v) is 3.66. The maximum Gasteiger partial charge on any atom is 0.258 e. The standard InChI is InChI=1S/C18H25N5O2/c1-12-15(18(25-5)22(4)20-12)14-9-7-11-23(14)17(24)13-8-6-10-19-16(13)21(2)3/h6,8,10,14H,7,9,11H2,1-5H3/t14-/m0/s1. The lowest BCUT2D eigenvalue weighted by Crippen LogP contribution is -2.32. The van der Waals surface area contributed by atoms with Crippen LogP contribution in [0.2, 0.25) is 0 Å². The van der Waals surface area contributed by atoms with Crippen LogP contribution in [0.3, 0.4) is 0 Å². The average Bonchev–Trinajstić information content (AvgIpc) is 3.17. The molecule has 7 nitrogen and oxygen atoms in total. The Morgan fingerprint density at radius 3 is 2.84 bits per heavy atom. The Hall–Kier alpha value is -2.57. The van der Waals surface area contributed by atoms with Gasteiger partial charge in [-0.1, -0.05) is 0 Å². The Bertz CT molecular complexity index is 784. The van der Waals surface area contributed by atoms with Crippen LogP contribution in [0, 0.1) is 6.92 Å². The first-order valence-electron chi connectivity index (χ1n) is 8.46. The van der Waals surface area contributed by atoms with Gasteiger partial charge >= 0.3 is 0 Å². The SMILES string of the molecule is COc1c([C@@H]2CCCN2C(=O)c2cccnc2N(C)C)c(C)nn1C. The second-order valence-corrected chi connectivity index (χ2v) is 6.56. The summed E-state index contributed by atoms with van der Waals surface area (Å²) in [6.07, 6.45) is 3.58. The molecule has 1 atom stereocenters. The summed E-state index contributed by atoms with van der Waals surface area (Å²) in [6.45, 7) is 2.69. The predicted molar refractivity (Wildman–Crippen MR) is 96.1 cm³/mol. The van der Waals surface area contributed by atoms with E-state index in [1.165, 1.54) is 0 Å². The summed E-state index contributed by atoms with van der Waals surface area (Å²) in [6, 6.07) is 3.63. The first-order chi connectivity index (χ1) is 12.0. The molecule has 0 aromatic carbocycles. The fraction of sp³-hybridized carbons (Fsp3) is 0.500. The van der Waals surface area contributed by atoms with E-state index in [1.807, 2.05) is 43.9 Å². The second-order valence-electron chi connectivity index (χ2n) is 6.56. The van der Waals surface area contributed by atoms with Gasteiger partial charge in [0.05, 0.1) is 30.0 Å². The lowest BCUT2D eigenvalue weighted by molar-refractivity contribution is 0.0734. The molecular weight excluding hydrogens is 318 g/mol. The molecule has 3 heterocycles. The van der Waals surface area contributed by atoms with Crippen molar-refractivity contribution < 1.29 is 9.53 Å². The third kappa shape index (κ3) is 2.94. The molecule has 1 aliphatic rings. The van der Waals surface area contributed by atoms with Crippen LogP contribution in [0.25, 0.3) is 0 Å². The minimum atomic E-state index is -0.0219. The Morgan fingerprint density at radius 2 is 2.16 bits per heavy atom. The molecular formula is C18H25N5O2. The van der Waals surface area contributed by atoms with Crippen molar-refractivity contribution >= 4 is 11.7 Å². The van der Waals surface area contributed by atoms with Gasteiger partial charge in [0, 0.05) is 33.9 Å². The molecule has 2 aromatic rings. The molecule has 7 heteroatoms. The average molecular weight is 343 g/mol. The van der Waals surface area contributed by atoms with E-state index in [0.29, 0.717) is 11.4 Å². The number of carbonyl (C=O) groups excluding carboxylic acids is 1. The Morgan fingerprint density at radius 1 is 1.40 bits per heavy atom. The van der Waals surface area contributed by atoms with Crippen LogP contribution in [0.15, 0.2) is 18.3 Å². The molecule has 1 aliphatic heterocycles. The number of hydrogen-bond donors (Lipinski definition) is 0. The quantitative estimate of drug-likeness (QED) is 0.851.